The molecule has 0 saturated heterocycles. The van der Waals surface area contributed by atoms with Crippen molar-refractivity contribution in [2.45, 2.75) is 25.1 Å². The summed E-state index contributed by atoms with van der Waals surface area (Å²) in [6, 6.07) is 4.21. The van der Waals surface area contributed by atoms with E-state index in [1.807, 2.05) is 0 Å². The average molecular weight is 353 g/mol. The molecule has 0 aliphatic rings. The fraction of sp³-hybridized carbons (Fsp3) is 0.400. The molecule has 0 spiro atoms. The van der Waals surface area contributed by atoms with Crippen LogP contribution >= 0.6 is 39.9 Å². The first-order valence-corrected chi connectivity index (χ1v) is 5.74. The van der Waals surface area contributed by atoms with Gasteiger partial charge >= 0.3 is 6.18 Å². The normalized spacial score (nSPS) is 13.1. The fourth-order valence-corrected chi connectivity index (χ4v) is 2.25. The summed E-state index contributed by atoms with van der Waals surface area (Å²) < 4.78 is 36.7. The second-order valence-electron chi connectivity index (χ2n) is 3.43. The van der Waals surface area contributed by atoms with Crippen LogP contribution in [-0.2, 0) is 0 Å². The molecule has 17 heavy (non-hydrogen) atoms. The summed E-state index contributed by atoms with van der Waals surface area (Å²) in [5, 5.41) is 0.513. The summed E-state index contributed by atoms with van der Waals surface area (Å²) >= 11 is 8.94. The van der Waals surface area contributed by atoms with E-state index in [1.54, 1.807) is 18.2 Å². The Labute approximate surface area is 117 Å². The van der Waals surface area contributed by atoms with E-state index in [9.17, 15) is 13.2 Å². The number of hydrogen-bond donors (Lipinski definition) is 1. The van der Waals surface area contributed by atoms with Crippen LogP contribution in [0.15, 0.2) is 22.7 Å². The summed E-state index contributed by atoms with van der Waals surface area (Å²) in [6.45, 7) is 0. The molecule has 0 unspecified atom stereocenters. The second kappa shape index (κ2) is 6.83. The van der Waals surface area contributed by atoms with E-state index in [4.69, 9.17) is 17.3 Å². The smallest absolute Gasteiger partial charge is 0.324 e. The highest BCUT2D eigenvalue weighted by Crippen LogP contribution is 2.31. The third kappa shape index (κ3) is 5.95. The number of alkyl halides is 3. The first-order chi connectivity index (χ1) is 7.29. The van der Waals surface area contributed by atoms with Gasteiger partial charge in [0.15, 0.2) is 0 Å². The molecule has 1 atom stereocenters. The van der Waals surface area contributed by atoms with Crippen LogP contribution in [0.25, 0.3) is 0 Å². The maximum Gasteiger partial charge on any atom is 0.389 e. The topological polar surface area (TPSA) is 26.0 Å². The highest BCUT2D eigenvalue weighted by molar-refractivity contribution is 9.10. The van der Waals surface area contributed by atoms with Gasteiger partial charge < -0.3 is 5.73 Å². The molecule has 0 fully saturated rings. The first kappa shape index (κ1) is 17.0. The van der Waals surface area contributed by atoms with Crippen molar-refractivity contribution >= 4 is 39.9 Å². The lowest BCUT2D eigenvalue weighted by molar-refractivity contribution is -0.136. The van der Waals surface area contributed by atoms with Crippen molar-refractivity contribution < 1.29 is 13.2 Å². The lowest BCUT2D eigenvalue weighted by atomic mass is 10.0. The number of halogens is 6. The standard InChI is InChI=1S/C10H10BrClF3N.ClH/c11-8-5-6(12)1-2-7(8)9(16)3-4-10(13,14)15;/h1-2,5,9H,3-4,16H2;1H/t9-;/m1./s1. The van der Waals surface area contributed by atoms with Gasteiger partial charge in [-0.05, 0) is 24.1 Å². The molecule has 0 radical (unpaired) electrons. The molecule has 98 valence electrons. The number of hydrogen-bond acceptors (Lipinski definition) is 1. The molecule has 0 aliphatic carbocycles. The SMILES string of the molecule is Cl.N[C@H](CCC(F)(F)F)c1ccc(Cl)cc1Br. The molecule has 1 rings (SSSR count). The minimum atomic E-state index is -4.17. The quantitative estimate of drug-likeness (QED) is 0.825. The van der Waals surface area contributed by atoms with Gasteiger partial charge in [-0.25, -0.2) is 0 Å². The van der Waals surface area contributed by atoms with Crippen molar-refractivity contribution in [2.24, 2.45) is 5.73 Å². The Bertz CT molecular complexity index is 371. The highest BCUT2D eigenvalue weighted by atomic mass is 79.9. The molecule has 1 aromatic rings. The van der Waals surface area contributed by atoms with Gasteiger partial charge in [0, 0.05) is 22.0 Å². The summed E-state index contributed by atoms with van der Waals surface area (Å²) in [4.78, 5) is 0. The van der Waals surface area contributed by atoms with E-state index >= 15 is 0 Å². The fourth-order valence-electron chi connectivity index (χ4n) is 1.28. The van der Waals surface area contributed by atoms with Crippen molar-refractivity contribution in [3.05, 3.63) is 33.3 Å². The molecule has 1 aromatic carbocycles. The van der Waals surface area contributed by atoms with E-state index < -0.39 is 18.6 Å². The van der Waals surface area contributed by atoms with Gasteiger partial charge in [0.1, 0.15) is 0 Å². The van der Waals surface area contributed by atoms with Crippen molar-refractivity contribution in [3.63, 3.8) is 0 Å². The summed E-state index contributed by atoms with van der Waals surface area (Å²) in [5.41, 5.74) is 6.31. The predicted octanol–water partition coefficient (Wildman–Crippen LogP) is 4.87. The monoisotopic (exact) mass is 351 g/mol. The zero-order valence-corrected chi connectivity index (χ0v) is 11.8. The highest BCUT2D eigenvalue weighted by Gasteiger charge is 2.28. The third-order valence-electron chi connectivity index (χ3n) is 2.10. The zero-order valence-electron chi connectivity index (χ0n) is 8.60. The number of rotatable bonds is 3. The Morgan fingerprint density at radius 2 is 1.94 bits per heavy atom. The van der Waals surface area contributed by atoms with Crippen LogP contribution in [0, 0.1) is 0 Å². The Morgan fingerprint density at radius 1 is 1.35 bits per heavy atom. The van der Waals surface area contributed by atoms with Gasteiger partial charge in [-0.2, -0.15) is 13.2 Å². The van der Waals surface area contributed by atoms with Crippen LogP contribution in [0.2, 0.25) is 5.02 Å². The van der Waals surface area contributed by atoms with E-state index in [0.29, 0.717) is 15.1 Å². The Morgan fingerprint density at radius 3 is 2.41 bits per heavy atom. The molecule has 7 heteroatoms. The van der Waals surface area contributed by atoms with Gasteiger partial charge in [-0.3, -0.25) is 0 Å². The van der Waals surface area contributed by atoms with Crippen molar-refractivity contribution in [3.8, 4) is 0 Å². The maximum atomic E-state index is 12.0. The lowest BCUT2D eigenvalue weighted by Gasteiger charge is -2.15. The van der Waals surface area contributed by atoms with Crippen LogP contribution in [0.1, 0.15) is 24.4 Å². The summed E-state index contributed by atoms with van der Waals surface area (Å²) in [6.07, 6.45) is -5.19. The molecule has 0 amide bonds. The van der Waals surface area contributed by atoms with Gasteiger partial charge in [0.25, 0.3) is 0 Å². The summed E-state index contributed by atoms with van der Waals surface area (Å²) in [5.74, 6) is 0. The number of benzene rings is 1. The molecule has 0 saturated carbocycles. The van der Waals surface area contributed by atoms with E-state index in [-0.39, 0.29) is 18.8 Å². The van der Waals surface area contributed by atoms with Crippen LogP contribution in [0.4, 0.5) is 13.2 Å². The Hall–Kier alpha value is 0.0300. The molecule has 2 N–H and O–H groups in total. The molecular formula is C10H11BrCl2F3N. The molecule has 0 bridgehead atoms. The van der Waals surface area contributed by atoms with Crippen LogP contribution < -0.4 is 5.73 Å². The Balaban J connectivity index is 0.00000256. The van der Waals surface area contributed by atoms with E-state index in [2.05, 4.69) is 15.9 Å². The summed E-state index contributed by atoms with van der Waals surface area (Å²) in [7, 11) is 0. The first-order valence-electron chi connectivity index (χ1n) is 4.57. The van der Waals surface area contributed by atoms with Crippen LogP contribution in [0.5, 0.6) is 0 Å². The second-order valence-corrected chi connectivity index (χ2v) is 4.72. The largest absolute Gasteiger partial charge is 0.389 e. The van der Waals surface area contributed by atoms with Crippen LogP contribution in [-0.4, -0.2) is 6.18 Å². The average Bonchev–Trinajstić information content (AvgIpc) is 2.13. The molecule has 0 heterocycles. The van der Waals surface area contributed by atoms with Gasteiger partial charge in [-0.15, -0.1) is 12.4 Å². The number of nitrogens with two attached hydrogens (primary N) is 1. The van der Waals surface area contributed by atoms with E-state index in [1.165, 1.54) is 0 Å². The molecule has 0 aliphatic heterocycles. The molecular weight excluding hydrogens is 342 g/mol. The van der Waals surface area contributed by atoms with E-state index in [0.717, 1.165) is 0 Å². The van der Waals surface area contributed by atoms with Crippen molar-refractivity contribution in [2.75, 3.05) is 0 Å². The minimum Gasteiger partial charge on any atom is -0.324 e. The lowest BCUT2D eigenvalue weighted by Crippen LogP contribution is -2.16. The minimum absolute atomic E-state index is 0. The predicted molar refractivity (Wildman–Crippen MR) is 68.6 cm³/mol. The van der Waals surface area contributed by atoms with Crippen molar-refractivity contribution in [1.29, 1.82) is 0 Å². The van der Waals surface area contributed by atoms with Gasteiger partial charge in [0.2, 0.25) is 0 Å². The molecule has 1 nitrogen and oxygen atoms in total. The third-order valence-corrected chi connectivity index (χ3v) is 3.02. The van der Waals surface area contributed by atoms with Gasteiger partial charge in [-0.1, -0.05) is 33.6 Å². The maximum absolute atomic E-state index is 12.0. The Kier molecular flexibility index (Phi) is 6.84. The zero-order chi connectivity index (χ0) is 12.3. The van der Waals surface area contributed by atoms with Crippen molar-refractivity contribution in [1.82, 2.24) is 0 Å². The molecule has 0 aromatic heterocycles. The van der Waals surface area contributed by atoms with Crippen LogP contribution in [0.3, 0.4) is 0 Å². The van der Waals surface area contributed by atoms with Gasteiger partial charge in [0.05, 0.1) is 0 Å².